The minimum absolute atomic E-state index is 0.00919. The van der Waals surface area contributed by atoms with Crippen LogP contribution in [0.25, 0.3) is 0 Å². The van der Waals surface area contributed by atoms with Gasteiger partial charge in [0.1, 0.15) is 6.61 Å². The summed E-state index contributed by atoms with van der Waals surface area (Å²) in [5, 5.41) is 6.83. The van der Waals surface area contributed by atoms with E-state index in [1.807, 2.05) is 73.7 Å². The lowest BCUT2D eigenvalue weighted by Crippen LogP contribution is -2.33. The normalized spacial score (nSPS) is 11.6. The van der Waals surface area contributed by atoms with E-state index in [1.165, 1.54) is 6.21 Å². The Morgan fingerprint density at radius 3 is 2.45 bits per heavy atom. The lowest BCUT2D eigenvalue weighted by Gasteiger charge is -2.18. The van der Waals surface area contributed by atoms with E-state index in [0.29, 0.717) is 24.7 Å². The maximum Gasteiger partial charge on any atom is 0.407 e. The second-order valence-electron chi connectivity index (χ2n) is 8.00. The van der Waals surface area contributed by atoms with Crippen LogP contribution in [0.2, 0.25) is 0 Å². The van der Waals surface area contributed by atoms with Crippen molar-refractivity contribution in [1.29, 1.82) is 0 Å². The van der Waals surface area contributed by atoms with E-state index in [2.05, 4.69) is 54.4 Å². The molecule has 0 bridgehead atoms. The van der Waals surface area contributed by atoms with Crippen LogP contribution < -0.4 is 20.2 Å². The van der Waals surface area contributed by atoms with Crippen LogP contribution in [0.4, 0.5) is 4.79 Å². The number of carbonyl (C=O) groups is 2. The number of ether oxygens (including phenoxy) is 3. The fourth-order valence-electron chi connectivity index (χ4n) is 3.46. The minimum Gasteiger partial charge on any atom is -0.490 e. The van der Waals surface area contributed by atoms with Crippen LogP contribution in [-0.4, -0.2) is 31.4 Å². The smallest absolute Gasteiger partial charge is 0.407 e. The Labute approximate surface area is 244 Å². The molecule has 0 radical (unpaired) electrons. The molecule has 10 heteroatoms. The van der Waals surface area contributed by atoms with E-state index < -0.39 is 12.1 Å². The van der Waals surface area contributed by atoms with Crippen molar-refractivity contribution in [2.75, 3.05) is 13.2 Å². The molecule has 0 saturated heterocycles. The molecular weight excluding hydrogens is 665 g/mol. The van der Waals surface area contributed by atoms with E-state index in [9.17, 15) is 9.59 Å². The van der Waals surface area contributed by atoms with Gasteiger partial charge in [0.05, 0.1) is 35.5 Å². The summed E-state index contributed by atoms with van der Waals surface area (Å²) in [5.41, 5.74) is 5.09. The maximum absolute atomic E-state index is 12.6. The molecule has 1 atom stereocenters. The molecule has 3 aromatic carbocycles. The van der Waals surface area contributed by atoms with E-state index in [-0.39, 0.29) is 18.9 Å². The topological polar surface area (TPSA) is 98.2 Å². The molecule has 3 aromatic rings. The van der Waals surface area contributed by atoms with Crippen molar-refractivity contribution < 1.29 is 23.8 Å². The van der Waals surface area contributed by atoms with Crippen LogP contribution in [0, 0.1) is 3.57 Å². The van der Waals surface area contributed by atoms with Crippen LogP contribution in [0.3, 0.4) is 0 Å². The van der Waals surface area contributed by atoms with Gasteiger partial charge in [-0.15, -0.1) is 0 Å². The van der Waals surface area contributed by atoms with Gasteiger partial charge in [-0.05, 0) is 77.4 Å². The first kappa shape index (κ1) is 29.4. The highest BCUT2D eigenvalue weighted by atomic mass is 127. The van der Waals surface area contributed by atoms with Crippen LogP contribution in [0.1, 0.15) is 43.0 Å². The molecule has 0 aliphatic carbocycles. The molecule has 8 nitrogen and oxygen atoms in total. The largest absolute Gasteiger partial charge is 0.490 e. The average Bonchev–Trinajstić information content (AvgIpc) is 2.90. The molecule has 0 spiro atoms. The first-order chi connectivity index (χ1) is 18.4. The summed E-state index contributed by atoms with van der Waals surface area (Å²) in [6.45, 7) is 4.73. The monoisotopic (exact) mass is 693 g/mol. The summed E-state index contributed by atoms with van der Waals surface area (Å²) >= 11 is 5.63. The fraction of sp³-hybridized carbons (Fsp3) is 0.250. The van der Waals surface area contributed by atoms with Gasteiger partial charge < -0.3 is 19.5 Å². The van der Waals surface area contributed by atoms with Crippen molar-refractivity contribution in [2.24, 2.45) is 5.10 Å². The van der Waals surface area contributed by atoms with E-state index in [1.54, 1.807) is 6.92 Å². The summed E-state index contributed by atoms with van der Waals surface area (Å²) in [6, 6.07) is 20.3. The fourth-order valence-corrected chi connectivity index (χ4v) is 4.51. The van der Waals surface area contributed by atoms with Crippen LogP contribution in [0.15, 0.2) is 76.3 Å². The third-order valence-corrected chi connectivity index (χ3v) is 6.52. The van der Waals surface area contributed by atoms with Gasteiger partial charge in [-0.25, -0.2) is 10.2 Å². The zero-order valence-electron chi connectivity index (χ0n) is 21.1. The zero-order valence-corrected chi connectivity index (χ0v) is 24.8. The summed E-state index contributed by atoms with van der Waals surface area (Å²) in [7, 11) is 0. The molecule has 2 N–H and O–H groups in total. The number of carbonyl (C=O) groups excluding carboxylic acids is 2. The molecule has 0 fully saturated rings. The Balaban J connectivity index is 1.66. The third kappa shape index (κ3) is 9.32. The van der Waals surface area contributed by atoms with Crippen LogP contribution in [0.5, 0.6) is 11.5 Å². The second-order valence-corrected chi connectivity index (χ2v) is 10.1. The second kappa shape index (κ2) is 15.3. The van der Waals surface area contributed by atoms with Crippen LogP contribution >= 0.6 is 38.5 Å². The standard InChI is InChI=1S/C28H29BrIN3O5/c1-3-36-25-15-20(14-23(30)27(25)38-18-19-10-12-22(29)13-11-19)17-31-33-26(34)16-24(32-28(35)37-4-2)21-8-6-5-7-9-21/h5-15,17,24H,3-4,16,18H2,1-2H3,(H,32,35)(H,33,34)/b31-17-/t24-/m1/s1. The maximum atomic E-state index is 12.6. The average molecular weight is 694 g/mol. The number of halogens is 2. The van der Waals surface area contributed by atoms with Gasteiger partial charge >= 0.3 is 6.09 Å². The molecule has 2 amide bonds. The number of nitrogens with one attached hydrogen (secondary N) is 2. The van der Waals surface area contributed by atoms with E-state index >= 15 is 0 Å². The Morgan fingerprint density at radius 2 is 1.76 bits per heavy atom. The molecule has 0 unspecified atom stereocenters. The summed E-state index contributed by atoms with van der Waals surface area (Å²) < 4.78 is 18.7. The van der Waals surface area contributed by atoms with Gasteiger partial charge in [-0.3, -0.25) is 4.79 Å². The summed E-state index contributed by atoms with van der Waals surface area (Å²) in [5.74, 6) is 0.875. The number of hydrogen-bond donors (Lipinski definition) is 2. The predicted molar refractivity (Wildman–Crippen MR) is 158 cm³/mol. The number of nitrogens with zero attached hydrogens (tertiary/aromatic N) is 1. The number of hydrogen-bond acceptors (Lipinski definition) is 6. The molecule has 200 valence electrons. The Morgan fingerprint density at radius 1 is 1.03 bits per heavy atom. The first-order valence-electron chi connectivity index (χ1n) is 12.0. The van der Waals surface area contributed by atoms with Gasteiger partial charge in [-0.2, -0.15) is 5.10 Å². The van der Waals surface area contributed by atoms with Gasteiger partial charge in [-0.1, -0.05) is 58.4 Å². The number of benzene rings is 3. The highest BCUT2D eigenvalue weighted by molar-refractivity contribution is 14.1. The van der Waals surface area contributed by atoms with Crippen molar-refractivity contribution >= 4 is 56.7 Å². The van der Waals surface area contributed by atoms with Gasteiger partial charge in [0, 0.05) is 4.47 Å². The van der Waals surface area contributed by atoms with Crippen molar-refractivity contribution in [2.45, 2.75) is 32.9 Å². The molecular formula is C28H29BrIN3O5. The number of hydrazone groups is 1. The minimum atomic E-state index is -0.585. The summed E-state index contributed by atoms with van der Waals surface area (Å²) in [6.07, 6.45) is 0.945. The van der Waals surface area contributed by atoms with Crippen molar-refractivity contribution in [3.8, 4) is 11.5 Å². The quantitative estimate of drug-likeness (QED) is 0.131. The molecule has 3 rings (SSSR count). The first-order valence-corrected chi connectivity index (χ1v) is 13.9. The lowest BCUT2D eigenvalue weighted by molar-refractivity contribution is -0.121. The summed E-state index contributed by atoms with van der Waals surface area (Å²) in [4.78, 5) is 24.6. The highest BCUT2D eigenvalue weighted by Crippen LogP contribution is 2.34. The number of alkyl carbamates (subject to hydrolysis) is 1. The molecule has 0 saturated carbocycles. The Bertz CT molecular complexity index is 1240. The van der Waals surface area contributed by atoms with Gasteiger partial charge in [0.15, 0.2) is 11.5 Å². The van der Waals surface area contributed by atoms with Crippen molar-refractivity contribution in [3.05, 3.63) is 91.5 Å². The molecule has 0 aromatic heterocycles. The predicted octanol–water partition coefficient (Wildman–Crippen LogP) is 6.36. The SMILES string of the molecule is CCOC(=O)N[C@H](CC(=O)N/N=C\c1cc(I)c(OCc2ccc(Br)cc2)c(OCC)c1)c1ccccc1. The third-order valence-electron chi connectivity index (χ3n) is 5.19. The van der Waals surface area contributed by atoms with Gasteiger partial charge in [0.25, 0.3) is 0 Å². The highest BCUT2D eigenvalue weighted by Gasteiger charge is 2.19. The zero-order chi connectivity index (χ0) is 27.3. The number of rotatable bonds is 12. The van der Waals surface area contributed by atoms with E-state index in [0.717, 1.165) is 24.7 Å². The Kier molecular flexibility index (Phi) is 11.9. The van der Waals surface area contributed by atoms with Gasteiger partial charge in [0.2, 0.25) is 5.91 Å². The number of amides is 2. The van der Waals surface area contributed by atoms with Crippen molar-refractivity contribution in [3.63, 3.8) is 0 Å². The van der Waals surface area contributed by atoms with Crippen LogP contribution in [-0.2, 0) is 16.1 Å². The molecule has 38 heavy (non-hydrogen) atoms. The molecule has 0 aliphatic heterocycles. The van der Waals surface area contributed by atoms with E-state index in [4.69, 9.17) is 14.2 Å². The molecule has 0 heterocycles. The van der Waals surface area contributed by atoms with Crippen molar-refractivity contribution in [1.82, 2.24) is 10.7 Å². The Hall–Kier alpha value is -3.12. The molecule has 0 aliphatic rings. The lowest BCUT2D eigenvalue weighted by atomic mass is 10.0.